The minimum atomic E-state index is -0.245. The highest BCUT2D eigenvalue weighted by Crippen LogP contribution is 2.38. The highest BCUT2D eigenvalue weighted by molar-refractivity contribution is 9.10. The Labute approximate surface area is 168 Å². The number of carbonyl (C=O) groups is 1. The molecule has 0 radical (unpaired) electrons. The van der Waals surface area contributed by atoms with Gasteiger partial charge in [0.05, 0.1) is 40.7 Å². The highest BCUT2D eigenvalue weighted by Gasteiger charge is 2.27. The van der Waals surface area contributed by atoms with Crippen LogP contribution in [0.5, 0.6) is 0 Å². The first-order valence-corrected chi connectivity index (χ1v) is 9.32. The summed E-state index contributed by atoms with van der Waals surface area (Å²) in [5.41, 5.74) is 2.32. The Hall–Kier alpha value is -2.65. The van der Waals surface area contributed by atoms with Gasteiger partial charge in [-0.3, -0.25) is 4.90 Å². The van der Waals surface area contributed by atoms with Gasteiger partial charge in [-0.05, 0) is 34.1 Å². The van der Waals surface area contributed by atoms with Crippen LogP contribution in [0.2, 0.25) is 5.02 Å². The Balaban J connectivity index is 1.58. The van der Waals surface area contributed by atoms with Crippen LogP contribution >= 0.6 is 27.5 Å². The van der Waals surface area contributed by atoms with Crippen molar-refractivity contribution in [2.75, 3.05) is 35.3 Å². The molecule has 0 saturated heterocycles. The van der Waals surface area contributed by atoms with E-state index in [1.54, 1.807) is 11.0 Å². The average Bonchev–Trinajstić information content (AvgIpc) is 3.16. The molecule has 10 heteroatoms. The maximum atomic E-state index is 12.9. The number of likely N-dealkylation sites (N-methyl/N-ethyl adjacent to an activating group) is 1. The fourth-order valence-electron chi connectivity index (χ4n) is 2.96. The van der Waals surface area contributed by atoms with Crippen LogP contribution in [0, 0.1) is 0 Å². The number of rotatable bonds is 2. The molecule has 0 fully saturated rings. The number of halogens is 2. The number of anilines is 3. The molecule has 0 aliphatic carbocycles. The van der Waals surface area contributed by atoms with E-state index in [9.17, 15) is 4.79 Å². The van der Waals surface area contributed by atoms with E-state index >= 15 is 0 Å². The first kappa shape index (κ1) is 17.7. The molecule has 3 aromatic rings. The number of pyridine rings is 1. The third-order valence-corrected chi connectivity index (χ3v) is 5.14. The average molecular weight is 449 g/mol. The molecular weight excluding hydrogens is 434 g/mol. The number of aromatic nitrogens is 4. The predicted octanol–water partition coefficient (Wildman–Crippen LogP) is 3.57. The van der Waals surface area contributed by atoms with Crippen molar-refractivity contribution in [3.05, 3.63) is 52.4 Å². The first-order valence-electron chi connectivity index (χ1n) is 8.15. The zero-order chi connectivity index (χ0) is 19.0. The van der Waals surface area contributed by atoms with Gasteiger partial charge < -0.3 is 10.2 Å². The normalized spacial score (nSPS) is 13.4. The number of fused-ring (bicyclic) bond motifs is 1. The lowest BCUT2D eigenvalue weighted by Crippen LogP contribution is -2.44. The summed E-state index contributed by atoms with van der Waals surface area (Å²) in [5, 5.41) is 11.2. The van der Waals surface area contributed by atoms with Crippen LogP contribution < -0.4 is 15.1 Å². The first-order chi connectivity index (χ1) is 13.0. The van der Waals surface area contributed by atoms with E-state index in [0.717, 1.165) is 22.4 Å². The zero-order valence-corrected chi connectivity index (χ0v) is 16.6. The number of amides is 2. The van der Waals surface area contributed by atoms with Crippen LogP contribution in [-0.2, 0) is 0 Å². The molecule has 1 aliphatic rings. The SMILES string of the molecule is CN1CCN(C(=O)Nc2cnc(-n3nccn3)c(Cl)c2)c2cccc(Br)c21. The maximum absolute atomic E-state index is 12.9. The van der Waals surface area contributed by atoms with E-state index < -0.39 is 0 Å². The molecule has 2 aromatic heterocycles. The van der Waals surface area contributed by atoms with E-state index in [2.05, 4.69) is 41.3 Å². The molecule has 2 amide bonds. The number of hydrogen-bond acceptors (Lipinski definition) is 5. The number of benzene rings is 1. The van der Waals surface area contributed by atoms with Crippen LogP contribution in [-0.4, -0.2) is 46.1 Å². The summed E-state index contributed by atoms with van der Waals surface area (Å²) >= 11 is 9.83. The molecule has 1 aromatic carbocycles. The van der Waals surface area contributed by atoms with Gasteiger partial charge in [-0.15, -0.1) is 4.80 Å². The summed E-state index contributed by atoms with van der Waals surface area (Å²) in [6, 6.07) is 7.18. The molecule has 0 saturated carbocycles. The Morgan fingerprint density at radius 1 is 1.26 bits per heavy atom. The number of carbonyl (C=O) groups excluding carboxylic acids is 1. The lowest BCUT2D eigenvalue weighted by Gasteiger charge is -2.36. The molecule has 3 heterocycles. The second-order valence-corrected chi connectivity index (χ2v) is 7.22. The quantitative estimate of drug-likeness (QED) is 0.648. The third-order valence-electron chi connectivity index (χ3n) is 4.22. The van der Waals surface area contributed by atoms with Gasteiger partial charge in [-0.1, -0.05) is 17.7 Å². The maximum Gasteiger partial charge on any atom is 0.326 e. The summed E-state index contributed by atoms with van der Waals surface area (Å²) in [6.07, 6.45) is 4.60. The molecule has 0 atom stereocenters. The van der Waals surface area contributed by atoms with E-state index in [4.69, 9.17) is 11.6 Å². The van der Waals surface area contributed by atoms with Crippen LogP contribution in [0.25, 0.3) is 5.82 Å². The zero-order valence-electron chi connectivity index (χ0n) is 14.3. The van der Waals surface area contributed by atoms with Gasteiger partial charge >= 0.3 is 6.03 Å². The number of para-hydroxylation sites is 1. The van der Waals surface area contributed by atoms with Gasteiger partial charge in [-0.25, -0.2) is 9.78 Å². The van der Waals surface area contributed by atoms with Gasteiger partial charge in [-0.2, -0.15) is 10.2 Å². The Kier molecular flexibility index (Phi) is 4.71. The largest absolute Gasteiger partial charge is 0.370 e. The monoisotopic (exact) mass is 447 g/mol. The second kappa shape index (κ2) is 7.16. The molecule has 0 spiro atoms. The number of nitrogens with zero attached hydrogens (tertiary/aromatic N) is 6. The van der Waals surface area contributed by atoms with Crippen LogP contribution in [0.15, 0.2) is 47.3 Å². The molecule has 8 nitrogen and oxygen atoms in total. The Morgan fingerprint density at radius 2 is 2.04 bits per heavy atom. The molecule has 1 N–H and O–H groups in total. The molecule has 27 heavy (non-hydrogen) atoms. The minimum Gasteiger partial charge on any atom is -0.370 e. The van der Waals surface area contributed by atoms with Crippen LogP contribution in [0.1, 0.15) is 0 Å². The van der Waals surface area contributed by atoms with Crippen molar-refractivity contribution in [3.63, 3.8) is 0 Å². The third kappa shape index (κ3) is 3.35. The van der Waals surface area contributed by atoms with Gasteiger partial charge in [0, 0.05) is 24.6 Å². The smallest absolute Gasteiger partial charge is 0.326 e. The summed E-state index contributed by atoms with van der Waals surface area (Å²) in [4.78, 5) is 22.2. The van der Waals surface area contributed by atoms with Gasteiger partial charge in [0.15, 0.2) is 5.82 Å². The summed E-state index contributed by atoms with van der Waals surface area (Å²) < 4.78 is 0.945. The van der Waals surface area contributed by atoms with Crippen LogP contribution in [0.4, 0.5) is 21.9 Å². The lowest BCUT2D eigenvalue weighted by atomic mass is 10.2. The van der Waals surface area contributed by atoms with E-state index in [1.807, 2.05) is 25.2 Å². The number of nitrogens with one attached hydrogen (secondary N) is 1. The van der Waals surface area contributed by atoms with Crippen molar-refractivity contribution in [3.8, 4) is 5.82 Å². The van der Waals surface area contributed by atoms with Crippen molar-refractivity contribution in [1.29, 1.82) is 0 Å². The van der Waals surface area contributed by atoms with E-state index in [0.29, 0.717) is 23.1 Å². The standard InChI is InChI=1S/C17H15BrClN7O/c1-24-7-8-25(14-4-2-3-12(18)15(14)24)17(27)23-11-9-13(19)16(20-10-11)26-21-5-6-22-26/h2-6,9-10H,7-8H2,1H3,(H,23,27). The number of urea groups is 1. The lowest BCUT2D eigenvalue weighted by molar-refractivity contribution is 0.257. The molecular formula is C17H15BrClN7O. The Morgan fingerprint density at radius 3 is 2.78 bits per heavy atom. The molecule has 1 aliphatic heterocycles. The van der Waals surface area contributed by atoms with Crippen molar-refractivity contribution < 1.29 is 4.79 Å². The van der Waals surface area contributed by atoms with E-state index in [1.165, 1.54) is 23.4 Å². The van der Waals surface area contributed by atoms with Crippen molar-refractivity contribution in [2.24, 2.45) is 0 Å². The van der Waals surface area contributed by atoms with Crippen molar-refractivity contribution in [2.45, 2.75) is 0 Å². The highest BCUT2D eigenvalue weighted by atomic mass is 79.9. The van der Waals surface area contributed by atoms with Crippen molar-refractivity contribution >= 4 is 50.6 Å². The fraction of sp³-hybridized carbons (Fsp3) is 0.176. The van der Waals surface area contributed by atoms with E-state index in [-0.39, 0.29) is 6.03 Å². The molecule has 4 rings (SSSR count). The second-order valence-electron chi connectivity index (χ2n) is 5.96. The van der Waals surface area contributed by atoms with Gasteiger partial charge in [0.25, 0.3) is 0 Å². The topological polar surface area (TPSA) is 79.2 Å². The van der Waals surface area contributed by atoms with Gasteiger partial charge in [0.1, 0.15) is 0 Å². The van der Waals surface area contributed by atoms with Crippen LogP contribution in [0.3, 0.4) is 0 Å². The summed E-state index contributed by atoms with van der Waals surface area (Å²) in [7, 11) is 2.00. The predicted molar refractivity (Wildman–Crippen MR) is 108 cm³/mol. The molecule has 0 bridgehead atoms. The molecule has 0 unspecified atom stereocenters. The minimum absolute atomic E-state index is 0.245. The van der Waals surface area contributed by atoms with Gasteiger partial charge in [0.2, 0.25) is 0 Å². The summed E-state index contributed by atoms with van der Waals surface area (Å²) in [6.45, 7) is 1.30. The molecule has 138 valence electrons. The summed E-state index contributed by atoms with van der Waals surface area (Å²) in [5.74, 6) is 0.397. The Bertz CT molecular complexity index is 995. The van der Waals surface area contributed by atoms with Crippen molar-refractivity contribution in [1.82, 2.24) is 20.0 Å². The number of hydrogen-bond donors (Lipinski definition) is 1. The fourth-order valence-corrected chi connectivity index (χ4v) is 3.86.